The van der Waals surface area contributed by atoms with Crippen molar-refractivity contribution in [1.29, 1.82) is 0 Å². The number of nitrogens with one attached hydrogen (secondary N) is 2. The molecule has 1 aliphatic rings. The highest BCUT2D eigenvalue weighted by molar-refractivity contribution is 5.95. The van der Waals surface area contributed by atoms with Crippen LogP contribution in [0.4, 0.5) is 5.69 Å². The van der Waals surface area contributed by atoms with Crippen LogP contribution in [0.2, 0.25) is 0 Å². The molecule has 1 aliphatic heterocycles. The summed E-state index contributed by atoms with van der Waals surface area (Å²) in [5.74, 6) is -0.427. The van der Waals surface area contributed by atoms with E-state index in [1.54, 1.807) is 26.0 Å². The molecule has 0 radical (unpaired) electrons. The molecule has 1 aromatic rings. The van der Waals surface area contributed by atoms with E-state index in [0.29, 0.717) is 18.8 Å². The minimum absolute atomic E-state index is 0. The number of morpholine rings is 1. The Morgan fingerprint density at radius 2 is 1.92 bits per heavy atom. The molecule has 1 amide bonds. The molecule has 1 aromatic carbocycles. The number of amides is 1. The lowest BCUT2D eigenvalue weighted by molar-refractivity contribution is -0.146. The average molecular weight is 357 g/mol. The van der Waals surface area contributed by atoms with Crippen LogP contribution in [0.25, 0.3) is 0 Å². The van der Waals surface area contributed by atoms with E-state index in [-0.39, 0.29) is 36.4 Å². The molecule has 0 saturated carbocycles. The van der Waals surface area contributed by atoms with Crippen molar-refractivity contribution >= 4 is 30.0 Å². The molecule has 0 aromatic heterocycles. The van der Waals surface area contributed by atoms with Crippen molar-refractivity contribution in [2.75, 3.05) is 25.6 Å². The third-order valence-electron chi connectivity index (χ3n) is 4.17. The molecule has 2 N–H and O–H groups in total. The Morgan fingerprint density at radius 1 is 1.29 bits per heavy atom. The molecule has 2 rings (SSSR count). The van der Waals surface area contributed by atoms with Crippen LogP contribution >= 0.6 is 12.4 Å². The maximum atomic E-state index is 12.3. The number of anilines is 1. The first-order chi connectivity index (χ1) is 10.9. The summed E-state index contributed by atoms with van der Waals surface area (Å²) in [5.41, 5.74) is 0.777. The second-order valence-electron chi connectivity index (χ2n) is 6.19. The van der Waals surface area contributed by atoms with Gasteiger partial charge in [0.1, 0.15) is 6.04 Å². The summed E-state index contributed by atoms with van der Waals surface area (Å²) in [6.07, 6.45) is -0.165. The van der Waals surface area contributed by atoms with Crippen molar-refractivity contribution in [1.82, 2.24) is 5.32 Å². The van der Waals surface area contributed by atoms with Crippen LogP contribution in [0.3, 0.4) is 0 Å². The number of rotatable bonds is 4. The lowest BCUT2D eigenvalue weighted by Gasteiger charge is -2.29. The lowest BCUT2D eigenvalue weighted by atomic mass is 9.85. The van der Waals surface area contributed by atoms with E-state index < -0.39 is 5.41 Å². The monoisotopic (exact) mass is 356 g/mol. The third-order valence-corrected chi connectivity index (χ3v) is 4.17. The van der Waals surface area contributed by atoms with Crippen molar-refractivity contribution in [3.8, 4) is 0 Å². The predicted octanol–water partition coefficient (Wildman–Crippen LogP) is 1.87. The van der Waals surface area contributed by atoms with Crippen LogP contribution in [-0.2, 0) is 24.5 Å². The van der Waals surface area contributed by atoms with Gasteiger partial charge in [-0.25, -0.2) is 0 Å². The fourth-order valence-corrected chi connectivity index (χ4v) is 2.59. The second kappa shape index (κ2) is 8.46. The van der Waals surface area contributed by atoms with E-state index in [9.17, 15) is 9.59 Å². The fraction of sp³-hybridized carbons (Fsp3) is 0.529. The number of esters is 1. The molecule has 0 aliphatic carbocycles. The Kier molecular flexibility index (Phi) is 7.20. The first-order valence-electron chi connectivity index (χ1n) is 7.71. The fourth-order valence-electron chi connectivity index (χ4n) is 2.59. The van der Waals surface area contributed by atoms with Gasteiger partial charge in [-0.05, 0) is 38.5 Å². The van der Waals surface area contributed by atoms with Crippen LogP contribution in [0, 0.1) is 0 Å². The normalized spacial score (nSPS) is 20.7. The molecular formula is C17H25ClN2O4. The van der Waals surface area contributed by atoms with Gasteiger partial charge in [-0.15, -0.1) is 12.4 Å². The zero-order valence-corrected chi connectivity index (χ0v) is 15.2. The maximum absolute atomic E-state index is 12.3. The summed E-state index contributed by atoms with van der Waals surface area (Å²) in [6.45, 7) is 6.75. The van der Waals surface area contributed by atoms with E-state index in [0.717, 1.165) is 5.56 Å². The quantitative estimate of drug-likeness (QED) is 0.805. The van der Waals surface area contributed by atoms with Crippen LogP contribution in [-0.4, -0.2) is 44.3 Å². The minimum Gasteiger partial charge on any atom is -0.468 e. The number of benzene rings is 1. The molecule has 0 spiro atoms. The highest BCUT2D eigenvalue weighted by atomic mass is 35.5. The van der Waals surface area contributed by atoms with Crippen molar-refractivity contribution < 1.29 is 19.1 Å². The van der Waals surface area contributed by atoms with Crippen molar-refractivity contribution in [3.63, 3.8) is 0 Å². The zero-order chi connectivity index (χ0) is 17.0. The number of ether oxygens (including phenoxy) is 2. The van der Waals surface area contributed by atoms with E-state index in [4.69, 9.17) is 9.47 Å². The van der Waals surface area contributed by atoms with E-state index >= 15 is 0 Å². The zero-order valence-electron chi connectivity index (χ0n) is 14.4. The predicted molar refractivity (Wildman–Crippen MR) is 94.6 cm³/mol. The van der Waals surface area contributed by atoms with Gasteiger partial charge < -0.3 is 20.1 Å². The highest BCUT2D eigenvalue weighted by Crippen LogP contribution is 2.26. The van der Waals surface area contributed by atoms with E-state index in [1.165, 1.54) is 7.11 Å². The average Bonchev–Trinajstić information content (AvgIpc) is 2.54. The van der Waals surface area contributed by atoms with Crippen molar-refractivity contribution in [3.05, 3.63) is 29.8 Å². The van der Waals surface area contributed by atoms with Gasteiger partial charge in [0.25, 0.3) is 0 Å². The number of halogens is 1. The van der Waals surface area contributed by atoms with Gasteiger partial charge in [0.15, 0.2) is 0 Å². The number of carbonyl (C=O) groups is 2. The Bertz CT molecular complexity index is 574. The Hall–Kier alpha value is -1.63. The lowest BCUT2D eigenvalue weighted by Crippen LogP contribution is -2.53. The summed E-state index contributed by atoms with van der Waals surface area (Å²) in [5, 5.41) is 6.02. The molecule has 6 nitrogen and oxygen atoms in total. The molecule has 2 atom stereocenters. The van der Waals surface area contributed by atoms with E-state index in [2.05, 4.69) is 10.6 Å². The summed E-state index contributed by atoms with van der Waals surface area (Å²) < 4.78 is 10.3. The molecule has 1 heterocycles. The Labute approximate surface area is 148 Å². The number of hydrogen-bond acceptors (Lipinski definition) is 5. The summed E-state index contributed by atoms with van der Waals surface area (Å²) in [4.78, 5) is 24.1. The third kappa shape index (κ3) is 4.47. The smallest absolute Gasteiger partial charge is 0.315 e. The molecule has 134 valence electrons. The van der Waals surface area contributed by atoms with Crippen molar-refractivity contribution in [2.45, 2.75) is 38.3 Å². The topological polar surface area (TPSA) is 76.7 Å². The highest BCUT2D eigenvalue weighted by Gasteiger charge is 2.31. The molecular weight excluding hydrogens is 332 g/mol. The number of hydrogen-bond donors (Lipinski definition) is 2. The first-order valence-corrected chi connectivity index (χ1v) is 7.71. The van der Waals surface area contributed by atoms with Gasteiger partial charge in [-0.1, -0.05) is 12.1 Å². The van der Waals surface area contributed by atoms with Gasteiger partial charge in [-0.3, -0.25) is 9.59 Å². The number of carbonyl (C=O) groups excluding carboxylic acids is 2. The van der Waals surface area contributed by atoms with Gasteiger partial charge in [0.05, 0.1) is 25.2 Å². The molecule has 24 heavy (non-hydrogen) atoms. The van der Waals surface area contributed by atoms with Gasteiger partial charge in [0, 0.05) is 12.2 Å². The molecule has 1 saturated heterocycles. The minimum atomic E-state index is -0.732. The molecule has 7 heteroatoms. The van der Waals surface area contributed by atoms with Crippen LogP contribution < -0.4 is 10.6 Å². The molecule has 0 bridgehead atoms. The summed E-state index contributed by atoms with van der Waals surface area (Å²) in [6, 6.07) is 6.84. The summed E-state index contributed by atoms with van der Waals surface area (Å²) >= 11 is 0. The first kappa shape index (κ1) is 20.4. The van der Waals surface area contributed by atoms with Crippen LogP contribution in [0.15, 0.2) is 24.3 Å². The van der Waals surface area contributed by atoms with E-state index in [1.807, 2.05) is 19.1 Å². The molecule has 1 fully saturated rings. The summed E-state index contributed by atoms with van der Waals surface area (Å²) in [7, 11) is 1.37. The van der Waals surface area contributed by atoms with Gasteiger partial charge in [0.2, 0.25) is 5.91 Å². The van der Waals surface area contributed by atoms with Gasteiger partial charge >= 0.3 is 5.97 Å². The Morgan fingerprint density at radius 3 is 2.46 bits per heavy atom. The molecule has 0 unspecified atom stereocenters. The standard InChI is InChI=1S/C17H24N2O4.ClH/c1-11-14(18-9-10-23-11)15(20)19-13-7-5-12(6-8-13)17(2,3)16(21)22-4;/h5-8,11,14,18H,9-10H2,1-4H3,(H,19,20);1H/t11-,14+;/m1./s1. The van der Waals surface area contributed by atoms with Crippen LogP contribution in [0.5, 0.6) is 0 Å². The number of methoxy groups -OCH3 is 1. The van der Waals surface area contributed by atoms with Crippen molar-refractivity contribution in [2.24, 2.45) is 0 Å². The van der Waals surface area contributed by atoms with Crippen LogP contribution in [0.1, 0.15) is 26.3 Å². The maximum Gasteiger partial charge on any atom is 0.315 e. The SMILES string of the molecule is COC(=O)C(C)(C)c1ccc(NC(=O)[C@H]2NCCO[C@@H]2C)cc1.Cl. The largest absolute Gasteiger partial charge is 0.468 e. The second-order valence-corrected chi connectivity index (χ2v) is 6.19. The Balaban J connectivity index is 0.00000288. The van der Waals surface area contributed by atoms with Gasteiger partial charge in [-0.2, -0.15) is 0 Å².